The summed E-state index contributed by atoms with van der Waals surface area (Å²) in [5.41, 5.74) is 4.26. The summed E-state index contributed by atoms with van der Waals surface area (Å²) < 4.78 is 18.7. The maximum atomic E-state index is 13.0. The Morgan fingerprint density at radius 1 is 0.974 bits per heavy atom. The molecule has 1 unspecified atom stereocenters. The SMILES string of the molecule is CCOC(=O)C1CN(CCn2c(=O)cc(C)c3ccc(C)cc32)CCN1CCc1ccc2c(c1)OCCO2. The third-order valence-corrected chi connectivity index (χ3v) is 7.54. The number of benzene rings is 2. The summed E-state index contributed by atoms with van der Waals surface area (Å²) >= 11 is 0. The first kappa shape index (κ1) is 26.3. The third-order valence-electron chi connectivity index (χ3n) is 7.54. The number of esters is 1. The highest BCUT2D eigenvalue weighted by atomic mass is 16.6. The molecule has 3 aromatic rings. The van der Waals surface area contributed by atoms with Crippen molar-refractivity contribution in [2.45, 2.75) is 39.8 Å². The van der Waals surface area contributed by atoms with Crippen LogP contribution in [-0.2, 0) is 22.5 Å². The van der Waals surface area contributed by atoms with Crippen molar-refractivity contribution >= 4 is 16.9 Å². The molecule has 3 heterocycles. The summed E-state index contributed by atoms with van der Waals surface area (Å²) in [6.07, 6.45) is 0.802. The van der Waals surface area contributed by atoms with Crippen LogP contribution in [0.25, 0.3) is 10.9 Å². The standard InChI is InChI=1S/C30H37N3O5/c1-4-36-30(35)26-20-31(12-14-33-25-17-21(2)5-7-24(25)22(3)18-29(33)34)11-13-32(26)10-9-23-6-8-27-28(19-23)38-16-15-37-27/h5-8,17-19,26H,4,9-16,20H2,1-3H3. The van der Waals surface area contributed by atoms with Gasteiger partial charge in [-0.3, -0.25) is 19.4 Å². The van der Waals surface area contributed by atoms with Crippen LogP contribution in [0.2, 0.25) is 0 Å². The van der Waals surface area contributed by atoms with Gasteiger partial charge in [-0.1, -0.05) is 18.2 Å². The van der Waals surface area contributed by atoms with Crippen LogP contribution >= 0.6 is 0 Å². The van der Waals surface area contributed by atoms with E-state index in [1.807, 2.05) is 37.5 Å². The average Bonchev–Trinajstić information content (AvgIpc) is 2.92. The largest absolute Gasteiger partial charge is 0.486 e. The predicted molar refractivity (Wildman–Crippen MR) is 147 cm³/mol. The van der Waals surface area contributed by atoms with Crippen LogP contribution < -0.4 is 15.0 Å². The second-order valence-electron chi connectivity index (χ2n) is 10.2. The molecule has 5 rings (SSSR count). The molecule has 0 N–H and O–H groups in total. The van der Waals surface area contributed by atoms with E-state index in [9.17, 15) is 9.59 Å². The Bertz CT molecular complexity index is 1370. The number of carbonyl (C=O) groups is 1. The Morgan fingerprint density at radius 2 is 1.79 bits per heavy atom. The maximum absolute atomic E-state index is 13.0. The van der Waals surface area contributed by atoms with Gasteiger partial charge in [-0.25, -0.2) is 0 Å². The Labute approximate surface area is 223 Å². The van der Waals surface area contributed by atoms with Crippen molar-refractivity contribution in [1.82, 2.24) is 14.4 Å². The zero-order chi connectivity index (χ0) is 26.6. The van der Waals surface area contributed by atoms with Crippen LogP contribution in [-0.4, -0.2) is 78.9 Å². The van der Waals surface area contributed by atoms with Gasteiger partial charge in [-0.2, -0.15) is 0 Å². The van der Waals surface area contributed by atoms with E-state index >= 15 is 0 Å². The lowest BCUT2D eigenvalue weighted by atomic mass is 10.1. The summed E-state index contributed by atoms with van der Waals surface area (Å²) in [6.45, 7) is 11.6. The molecule has 0 aliphatic carbocycles. The maximum Gasteiger partial charge on any atom is 0.324 e. The minimum Gasteiger partial charge on any atom is -0.486 e. The first-order valence-corrected chi connectivity index (χ1v) is 13.6. The van der Waals surface area contributed by atoms with Gasteiger partial charge in [-0.15, -0.1) is 0 Å². The van der Waals surface area contributed by atoms with Crippen LogP contribution in [0.15, 0.2) is 47.3 Å². The van der Waals surface area contributed by atoms with E-state index in [0.717, 1.165) is 65.1 Å². The summed E-state index contributed by atoms with van der Waals surface area (Å²) in [5.74, 6) is 1.39. The van der Waals surface area contributed by atoms with E-state index in [2.05, 4.69) is 34.1 Å². The number of aryl methyl sites for hydroxylation is 2. The number of rotatable bonds is 8. The van der Waals surface area contributed by atoms with Gasteiger partial charge in [-0.05, 0) is 62.1 Å². The van der Waals surface area contributed by atoms with Gasteiger partial charge in [0.1, 0.15) is 19.3 Å². The quantitative estimate of drug-likeness (QED) is 0.423. The Morgan fingerprint density at radius 3 is 2.61 bits per heavy atom. The minimum absolute atomic E-state index is 0.0145. The second-order valence-corrected chi connectivity index (χ2v) is 10.2. The molecule has 38 heavy (non-hydrogen) atoms. The number of fused-ring (bicyclic) bond motifs is 2. The number of ether oxygens (including phenoxy) is 3. The molecule has 0 radical (unpaired) electrons. The molecule has 0 saturated carbocycles. The van der Waals surface area contributed by atoms with Crippen molar-refractivity contribution in [3.8, 4) is 11.5 Å². The molecule has 1 saturated heterocycles. The third kappa shape index (κ3) is 5.71. The fourth-order valence-electron chi connectivity index (χ4n) is 5.46. The van der Waals surface area contributed by atoms with Gasteiger partial charge in [0.05, 0.1) is 12.1 Å². The van der Waals surface area contributed by atoms with Crippen molar-refractivity contribution < 1.29 is 19.0 Å². The Kier molecular flexibility index (Phi) is 8.00. The van der Waals surface area contributed by atoms with Gasteiger partial charge in [0.15, 0.2) is 11.5 Å². The van der Waals surface area contributed by atoms with Crippen LogP contribution in [0.5, 0.6) is 11.5 Å². The number of carbonyl (C=O) groups excluding carboxylic acids is 1. The number of hydrogen-bond donors (Lipinski definition) is 0. The second kappa shape index (κ2) is 11.6. The molecule has 1 aromatic heterocycles. The summed E-state index contributed by atoms with van der Waals surface area (Å²) in [4.78, 5) is 30.4. The van der Waals surface area contributed by atoms with E-state index in [4.69, 9.17) is 14.2 Å². The monoisotopic (exact) mass is 519 g/mol. The Balaban J connectivity index is 1.26. The van der Waals surface area contributed by atoms with Gasteiger partial charge in [0.25, 0.3) is 5.56 Å². The number of hydrogen-bond acceptors (Lipinski definition) is 7. The lowest BCUT2D eigenvalue weighted by Crippen LogP contribution is -2.57. The molecule has 1 atom stereocenters. The molecule has 2 aliphatic rings. The van der Waals surface area contributed by atoms with Gasteiger partial charge in [0.2, 0.25) is 0 Å². The summed E-state index contributed by atoms with van der Waals surface area (Å²) in [5, 5.41) is 1.10. The lowest BCUT2D eigenvalue weighted by molar-refractivity contribution is -0.152. The highest BCUT2D eigenvalue weighted by molar-refractivity contribution is 5.83. The van der Waals surface area contributed by atoms with Crippen molar-refractivity contribution in [2.24, 2.45) is 0 Å². The minimum atomic E-state index is -0.338. The smallest absolute Gasteiger partial charge is 0.324 e. The fourth-order valence-corrected chi connectivity index (χ4v) is 5.46. The van der Waals surface area contributed by atoms with Gasteiger partial charge < -0.3 is 18.8 Å². The number of pyridine rings is 1. The topological polar surface area (TPSA) is 73.2 Å². The van der Waals surface area contributed by atoms with Gasteiger partial charge >= 0.3 is 5.97 Å². The molecule has 1 fully saturated rings. The molecule has 2 aliphatic heterocycles. The molecule has 8 nitrogen and oxygen atoms in total. The molecular weight excluding hydrogens is 482 g/mol. The normalized spacial score (nSPS) is 18.0. The van der Waals surface area contributed by atoms with Crippen molar-refractivity contribution in [3.63, 3.8) is 0 Å². The molecule has 0 bridgehead atoms. The first-order valence-electron chi connectivity index (χ1n) is 13.6. The van der Waals surface area contributed by atoms with Crippen LogP contribution in [0, 0.1) is 13.8 Å². The lowest BCUT2D eigenvalue weighted by Gasteiger charge is -2.40. The molecular formula is C30H37N3O5. The van der Waals surface area contributed by atoms with Crippen LogP contribution in [0.4, 0.5) is 0 Å². The van der Waals surface area contributed by atoms with E-state index in [1.54, 1.807) is 6.07 Å². The van der Waals surface area contributed by atoms with Crippen molar-refractivity contribution in [3.05, 3.63) is 69.5 Å². The van der Waals surface area contributed by atoms with E-state index in [-0.39, 0.29) is 17.6 Å². The molecule has 8 heteroatoms. The number of nitrogens with zero attached hydrogens (tertiary/aromatic N) is 3. The predicted octanol–water partition coefficient (Wildman–Crippen LogP) is 3.18. The Hall–Kier alpha value is -3.36. The number of piperazine rings is 1. The van der Waals surface area contributed by atoms with E-state index in [0.29, 0.717) is 39.5 Å². The summed E-state index contributed by atoms with van der Waals surface area (Å²) in [6, 6.07) is 13.7. The van der Waals surface area contributed by atoms with E-state index < -0.39 is 0 Å². The van der Waals surface area contributed by atoms with Crippen LogP contribution in [0.3, 0.4) is 0 Å². The highest BCUT2D eigenvalue weighted by Gasteiger charge is 2.33. The molecule has 2 aromatic carbocycles. The number of aromatic nitrogens is 1. The zero-order valence-electron chi connectivity index (χ0n) is 22.6. The van der Waals surface area contributed by atoms with Gasteiger partial charge in [0, 0.05) is 50.7 Å². The fraction of sp³-hybridized carbons (Fsp3) is 0.467. The molecule has 0 spiro atoms. The molecule has 202 valence electrons. The first-order chi connectivity index (χ1) is 18.4. The average molecular weight is 520 g/mol. The van der Waals surface area contributed by atoms with Crippen molar-refractivity contribution in [2.75, 3.05) is 52.5 Å². The van der Waals surface area contributed by atoms with Crippen molar-refractivity contribution in [1.29, 1.82) is 0 Å². The van der Waals surface area contributed by atoms with Crippen LogP contribution in [0.1, 0.15) is 23.6 Å². The summed E-state index contributed by atoms with van der Waals surface area (Å²) in [7, 11) is 0. The zero-order valence-corrected chi connectivity index (χ0v) is 22.6. The highest BCUT2D eigenvalue weighted by Crippen LogP contribution is 2.31. The molecule has 0 amide bonds. The van der Waals surface area contributed by atoms with E-state index in [1.165, 1.54) is 0 Å².